The Balaban J connectivity index is 1.76. The first-order chi connectivity index (χ1) is 12.4. The van der Waals surface area contributed by atoms with Crippen molar-refractivity contribution in [3.8, 4) is 22.8 Å². The lowest BCUT2D eigenvalue weighted by molar-refractivity contribution is 0.250. The predicted octanol–water partition coefficient (Wildman–Crippen LogP) is 4.55. The summed E-state index contributed by atoms with van der Waals surface area (Å²) in [4.78, 5) is 16.2. The molecule has 0 saturated carbocycles. The molecule has 0 unspecified atom stereocenters. The first-order valence-electron chi connectivity index (χ1n) is 8.51. The standard InChI is InChI=1S/C20H22N4O2/c1-12(2)21-20(25)22-16-8-6-15(7-9-16)18-23-19(26-24-18)17-10-5-13(3)11-14(17)4/h5-12H,1-4H3,(H2,21,22,25). The number of nitrogens with zero attached hydrogens (tertiary/aromatic N) is 2. The maximum Gasteiger partial charge on any atom is 0.319 e. The number of anilines is 1. The summed E-state index contributed by atoms with van der Waals surface area (Å²) in [5, 5.41) is 9.63. The summed E-state index contributed by atoms with van der Waals surface area (Å²) in [6, 6.07) is 13.3. The highest BCUT2D eigenvalue weighted by Gasteiger charge is 2.13. The average molecular weight is 350 g/mol. The van der Waals surface area contributed by atoms with Crippen molar-refractivity contribution < 1.29 is 9.32 Å². The molecule has 0 aliphatic heterocycles. The summed E-state index contributed by atoms with van der Waals surface area (Å²) < 4.78 is 5.42. The van der Waals surface area contributed by atoms with Gasteiger partial charge in [-0.2, -0.15) is 4.98 Å². The zero-order chi connectivity index (χ0) is 18.7. The highest BCUT2D eigenvalue weighted by molar-refractivity contribution is 5.89. The average Bonchev–Trinajstić information content (AvgIpc) is 3.04. The van der Waals surface area contributed by atoms with Crippen LogP contribution in [0.2, 0.25) is 0 Å². The Bertz CT molecular complexity index is 914. The second kappa shape index (κ2) is 7.39. The van der Waals surface area contributed by atoms with Crippen LogP contribution in [0.15, 0.2) is 47.0 Å². The fraction of sp³-hybridized carbons (Fsp3) is 0.250. The number of urea groups is 1. The quantitative estimate of drug-likeness (QED) is 0.723. The van der Waals surface area contributed by atoms with Gasteiger partial charge in [-0.15, -0.1) is 0 Å². The van der Waals surface area contributed by atoms with Gasteiger partial charge in [-0.25, -0.2) is 4.79 Å². The number of nitrogens with one attached hydrogen (secondary N) is 2. The van der Waals surface area contributed by atoms with Crippen molar-refractivity contribution in [2.24, 2.45) is 0 Å². The Morgan fingerprint density at radius 2 is 1.81 bits per heavy atom. The van der Waals surface area contributed by atoms with E-state index in [2.05, 4.69) is 26.8 Å². The number of amides is 2. The van der Waals surface area contributed by atoms with Gasteiger partial charge >= 0.3 is 6.03 Å². The van der Waals surface area contributed by atoms with E-state index >= 15 is 0 Å². The normalized spacial score (nSPS) is 10.8. The van der Waals surface area contributed by atoms with Gasteiger partial charge in [0.1, 0.15) is 0 Å². The van der Waals surface area contributed by atoms with Crippen molar-refractivity contribution in [3.05, 3.63) is 53.6 Å². The molecule has 0 fully saturated rings. The molecule has 3 aromatic rings. The van der Waals surface area contributed by atoms with E-state index in [-0.39, 0.29) is 12.1 Å². The molecule has 2 aromatic carbocycles. The van der Waals surface area contributed by atoms with Gasteiger partial charge in [0.2, 0.25) is 5.82 Å². The van der Waals surface area contributed by atoms with Gasteiger partial charge in [0.05, 0.1) is 0 Å². The summed E-state index contributed by atoms with van der Waals surface area (Å²) >= 11 is 0. The number of carbonyl (C=O) groups is 1. The van der Waals surface area contributed by atoms with Crippen LogP contribution in [0.5, 0.6) is 0 Å². The molecule has 26 heavy (non-hydrogen) atoms. The predicted molar refractivity (Wildman–Crippen MR) is 102 cm³/mol. The third-order valence-corrected chi connectivity index (χ3v) is 3.86. The van der Waals surface area contributed by atoms with E-state index in [4.69, 9.17) is 4.52 Å². The highest BCUT2D eigenvalue weighted by atomic mass is 16.5. The van der Waals surface area contributed by atoms with Crippen LogP contribution >= 0.6 is 0 Å². The smallest absolute Gasteiger partial charge is 0.319 e. The van der Waals surface area contributed by atoms with Gasteiger partial charge in [0.25, 0.3) is 5.89 Å². The maximum absolute atomic E-state index is 11.7. The molecular weight excluding hydrogens is 328 g/mol. The number of rotatable bonds is 4. The van der Waals surface area contributed by atoms with Crippen LogP contribution in [0.3, 0.4) is 0 Å². The Morgan fingerprint density at radius 1 is 1.08 bits per heavy atom. The number of carbonyl (C=O) groups excluding carboxylic acids is 1. The van der Waals surface area contributed by atoms with E-state index in [1.165, 1.54) is 5.56 Å². The van der Waals surface area contributed by atoms with Crippen LogP contribution in [0, 0.1) is 13.8 Å². The molecule has 6 nitrogen and oxygen atoms in total. The van der Waals surface area contributed by atoms with Crippen molar-refractivity contribution in [1.29, 1.82) is 0 Å². The molecule has 0 aliphatic carbocycles. The molecule has 0 saturated heterocycles. The van der Waals surface area contributed by atoms with Gasteiger partial charge < -0.3 is 15.2 Å². The molecular formula is C20H22N4O2. The third kappa shape index (κ3) is 4.08. The lowest BCUT2D eigenvalue weighted by atomic mass is 10.1. The highest BCUT2D eigenvalue weighted by Crippen LogP contribution is 2.26. The Labute approximate surface area is 152 Å². The van der Waals surface area contributed by atoms with E-state index < -0.39 is 0 Å². The van der Waals surface area contributed by atoms with Crippen LogP contribution in [-0.2, 0) is 0 Å². The Hall–Kier alpha value is -3.15. The molecule has 0 bridgehead atoms. The van der Waals surface area contributed by atoms with Crippen LogP contribution in [0.4, 0.5) is 10.5 Å². The van der Waals surface area contributed by atoms with Crippen molar-refractivity contribution in [2.45, 2.75) is 33.7 Å². The molecule has 2 N–H and O–H groups in total. The molecule has 0 aliphatic rings. The van der Waals surface area contributed by atoms with E-state index in [1.54, 1.807) is 0 Å². The SMILES string of the molecule is Cc1ccc(-c2nc(-c3ccc(NC(=O)NC(C)C)cc3)no2)c(C)c1. The number of aryl methyl sites for hydroxylation is 2. The van der Waals surface area contributed by atoms with E-state index in [1.807, 2.05) is 64.1 Å². The Kier molecular flexibility index (Phi) is 5.02. The summed E-state index contributed by atoms with van der Waals surface area (Å²) in [7, 11) is 0. The number of hydrogen-bond donors (Lipinski definition) is 2. The van der Waals surface area contributed by atoms with E-state index in [9.17, 15) is 4.79 Å². The number of hydrogen-bond acceptors (Lipinski definition) is 4. The topological polar surface area (TPSA) is 80.0 Å². The lowest BCUT2D eigenvalue weighted by Crippen LogP contribution is -2.34. The Morgan fingerprint density at radius 3 is 2.46 bits per heavy atom. The van der Waals surface area contributed by atoms with Crippen LogP contribution in [-0.4, -0.2) is 22.2 Å². The van der Waals surface area contributed by atoms with Gasteiger partial charge in [0, 0.05) is 22.9 Å². The summed E-state index contributed by atoms with van der Waals surface area (Å²) in [5.41, 5.74) is 4.73. The second-order valence-electron chi connectivity index (χ2n) is 6.57. The molecule has 0 atom stereocenters. The minimum Gasteiger partial charge on any atom is -0.336 e. The van der Waals surface area contributed by atoms with Gasteiger partial charge in [-0.3, -0.25) is 0 Å². The summed E-state index contributed by atoms with van der Waals surface area (Å²) in [5.74, 6) is 1.01. The van der Waals surface area contributed by atoms with E-state index in [0.29, 0.717) is 17.4 Å². The van der Waals surface area contributed by atoms with Crippen LogP contribution in [0.1, 0.15) is 25.0 Å². The van der Waals surface area contributed by atoms with Gasteiger partial charge in [-0.05, 0) is 63.6 Å². The van der Waals surface area contributed by atoms with Crippen molar-refractivity contribution in [1.82, 2.24) is 15.5 Å². The number of aromatic nitrogens is 2. The third-order valence-electron chi connectivity index (χ3n) is 3.86. The van der Waals surface area contributed by atoms with Gasteiger partial charge in [0.15, 0.2) is 0 Å². The first-order valence-corrected chi connectivity index (χ1v) is 8.51. The monoisotopic (exact) mass is 350 g/mol. The lowest BCUT2D eigenvalue weighted by Gasteiger charge is -2.10. The van der Waals surface area contributed by atoms with E-state index in [0.717, 1.165) is 16.7 Å². The van der Waals surface area contributed by atoms with Crippen LogP contribution < -0.4 is 10.6 Å². The molecule has 2 amide bonds. The fourth-order valence-electron chi connectivity index (χ4n) is 2.64. The molecule has 0 radical (unpaired) electrons. The summed E-state index contributed by atoms with van der Waals surface area (Å²) in [6.45, 7) is 7.89. The minimum atomic E-state index is -0.232. The largest absolute Gasteiger partial charge is 0.336 e. The van der Waals surface area contributed by atoms with Gasteiger partial charge in [-0.1, -0.05) is 22.9 Å². The fourth-order valence-corrected chi connectivity index (χ4v) is 2.64. The summed E-state index contributed by atoms with van der Waals surface area (Å²) in [6.07, 6.45) is 0. The molecule has 3 rings (SSSR count). The van der Waals surface area contributed by atoms with Crippen LogP contribution in [0.25, 0.3) is 22.8 Å². The first kappa shape index (κ1) is 17.7. The maximum atomic E-state index is 11.7. The van der Waals surface area contributed by atoms with Crippen molar-refractivity contribution >= 4 is 11.7 Å². The molecule has 134 valence electrons. The minimum absolute atomic E-state index is 0.0808. The number of benzene rings is 2. The van der Waals surface area contributed by atoms with Crippen molar-refractivity contribution in [2.75, 3.05) is 5.32 Å². The second-order valence-corrected chi connectivity index (χ2v) is 6.57. The molecule has 1 aromatic heterocycles. The molecule has 0 spiro atoms. The zero-order valence-corrected chi connectivity index (χ0v) is 15.3. The zero-order valence-electron chi connectivity index (χ0n) is 15.3. The van der Waals surface area contributed by atoms with Crippen molar-refractivity contribution in [3.63, 3.8) is 0 Å². The molecule has 6 heteroatoms. The molecule has 1 heterocycles.